The number of piperidine rings is 1. The van der Waals surface area contributed by atoms with E-state index < -0.39 is 16.6 Å². The number of hydrogen-bond donors (Lipinski definition) is 1. The van der Waals surface area contributed by atoms with E-state index in [2.05, 4.69) is 17.0 Å². The van der Waals surface area contributed by atoms with Gasteiger partial charge < -0.3 is 14.7 Å². The number of carbonyl (C=O) groups excluding carboxylic acids is 1. The molecule has 32 heavy (non-hydrogen) atoms. The molecule has 1 aromatic carbocycles. The van der Waals surface area contributed by atoms with Crippen molar-refractivity contribution >= 4 is 6.09 Å². The second-order valence-electron chi connectivity index (χ2n) is 11.4. The number of nitrogens with zero attached hydrogens (tertiary/aromatic N) is 3. The fourth-order valence-corrected chi connectivity index (χ4v) is 6.46. The minimum absolute atomic E-state index is 0.0517. The molecule has 1 aromatic rings. The molecule has 5 rings (SSSR count). The number of likely N-dealkylation sites (tertiary alicyclic amines) is 2. The van der Waals surface area contributed by atoms with Crippen molar-refractivity contribution in [3.8, 4) is 6.07 Å². The molecule has 2 bridgehead atoms. The van der Waals surface area contributed by atoms with Crippen LogP contribution in [0.15, 0.2) is 18.2 Å². The van der Waals surface area contributed by atoms with Crippen molar-refractivity contribution in [2.45, 2.75) is 82.0 Å². The first-order chi connectivity index (χ1) is 15.1. The topological polar surface area (TPSA) is 76.8 Å². The Bertz CT molecular complexity index is 960. The predicted molar refractivity (Wildman–Crippen MR) is 121 cm³/mol. The summed E-state index contributed by atoms with van der Waals surface area (Å²) in [6, 6.07) is 8.36. The largest absolute Gasteiger partial charge is 0.444 e. The maximum absolute atomic E-state index is 12.9. The molecule has 2 heterocycles. The van der Waals surface area contributed by atoms with Gasteiger partial charge in [0.1, 0.15) is 5.60 Å². The quantitative estimate of drug-likeness (QED) is 0.765. The van der Waals surface area contributed by atoms with Gasteiger partial charge in [0.15, 0.2) is 0 Å². The monoisotopic (exact) mass is 437 g/mol. The molecule has 0 unspecified atom stereocenters. The van der Waals surface area contributed by atoms with E-state index in [1.807, 2.05) is 32.9 Å². The van der Waals surface area contributed by atoms with Gasteiger partial charge in [0.25, 0.3) is 0 Å². The van der Waals surface area contributed by atoms with Crippen molar-refractivity contribution in [2.75, 3.05) is 26.2 Å². The Morgan fingerprint density at radius 1 is 1.22 bits per heavy atom. The van der Waals surface area contributed by atoms with E-state index in [0.717, 1.165) is 37.4 Å². The van der Waals surface area contributed by atoms with Gasteiger partial charge in [-0.15, -0.1) is 0 Å². The molecule has 0 aromatic heterocycles. The van der Waals surface area contributed by atoms with Crippen molar-refractivity contribution in [1.29, 1.82) is 5.26 Å². The minimum atomic E-state index is -0.919. The number of aliphatic hydroxyl groups is 1. The third-order valence-corrected chi connectivity index (χ3v) is 8.23. The van der Waals surface area contributed by atoms with Crippen LogP contribution in [0.1, 0.15) is 69.6 Å². The van der Waals surface area contributed by atoms with E-state index in [9.17, 15) is 15.2 Å². The summed E-state index contributed by atoms with van der Waals surface area (Å²) in [5, 5.41) is 22.0. The molecular weight excluding hydrogens is 402 g/mol. The Kier molecular flexibility index (Phi) is 5.07. The van der Waals surface area contributed by atoms with Crippen LogP contribution in [0.5, 0.6) is 0 Å². The molecule has 2 aliphatic carbocycles. The van der Waals surface area contributed by atoms with E-state index in [-0.39, 0.29) is 12.1 Å². The highest BCUT2D eigenvalue weighted by Gasteiger charge is 2.63. The summed E-state index contributed by atoms with van der Waals surface area (Å²) in [4.78, 5) is 17.2. The number of ether oxygens (including phenoxy) is 1. The zero-order chi connectivity index (χ0) is 22.7. The average molecular weight is 438 g/mol. The van der Waals surface area contributed by atoms with Crippen LogP contribution in [-0.4, -0.2) is 64.4 Å². The van der Waals surface area contributed by atoms with E-state index in [0.29, 0.717) is 31.5 Å². The zero-order valence-electron chi connectivity index (χ0n) is 19.6. The number of benzene rings is 1. The molecule has 6 heteroatoms. The van der Waals surface area contributed by atoms with Gasteiger partial charge in [0.2, 0.25) is 0 Å². The van der Waals surface area contributed by atoms with Crippen LogP contribution in [-0.2, 0) is 16.6 Å². The molecule has 2 saturated heterocycles. The summed E-state index contributed by atoms with van der Waals surface area (Å²) < 4.78 is 5.67. The van der Waals surface area contributed by atoms with E-state index >= 15 is 0 Å². The first kappa shape index (κ1) is 21.7. The van der Waals surface area contributed by atoms with Gasteiger partial charge in [-0.1, -0.05) is 6.07 Å². The van der Waals surface area contributed by atoms with Crippen LogP contribution in [0.2, 0.25) is 0 Å². The molecule has 172 valence electrons. The standard InChI is InChI=1S/C26H35N3O3/c1-24(2,3)32-23(30)28-11-8-25-9-12-29(17-18-4-5-18)22(26(25,31)10-13-28)15-20-7-6-19(16-27)14-21(20)25/h6-7,14,18,22,31H,4-5,8-13,15,17H2,1-3H3/t22-,25+,26-/m1/s1. The highest BCUT2D eigenvalue weighted by molar-refractivity contribution is 5.68. The zero-order valence-corrected chi connectivity index (χ0v) is 19.6. The van der Waals surface area contributed by atoms with Crippen molar-refractivity contribution < 1.29 is 14.6 Å². The van der Waals surface area contributed by atoms with Gasteiger partial charge in [-0.25, -0.2) is 4.79 Å². The second-order valence-corrected chi connectivity index (χ2v) is 11.4. The molecule has 0 spiro atoms. The number of fused-ring (bicyclic) bond motifs is 1. The molecule has 1 N–H and O–H groups in total. The molecule has 2 aliphatic heterocycles. The minimum Gasteiger partial charge on any atom is -0.444 e. The lowest BCUT2D eigenvalue weighted by molar-refractivity contribution is -0.149. The maximum atomic E-state index is 12.9. The van der Waals surface area contributed by atoms with Crippen LogP contribution >= 0.6 is 0 Å². The van der Waals surface area contributed by atoms with E-state index in [1.54, 1.807) is 4.90 Å². The number of hydrogen-bond acceptors (Lipinski definition) is 5. The van der Waals surface area contributed by atoms with Crippen LogP contribution < -0.4 is 0 Å². The maximum Gasteiger partial charge on any atom is 0.410 e. The Morgan fingerprint density at radius 2 is 1.94 bits per heavy atom. The second kappa shape index (κ2) is 7.46. The summed E-state index contributed by atoms with van der Waals surface area (Å²) in [5.74, 6) is 0.762. The molecule has 3 fully saturated rings. The average Bonchev–Trinajstić information content (AvgIpc) is 3.55. The van der Waals surface area contributed by atoms with Crippen molar-refractivity contribution in [1.82, 2.24) is 9.80 Å². The first-order valence-electron chi connectivity index (χ1n) is 12.1. The molecule has 1 saturated carbocycles. The Balaban J connectivity index is 1.54. The number of rotatable bonds is 2. The Hall–Kier alpha value is -2.10. The molecule has 1 amide bonds. The molecule has 6 nitrogen and oxygen atoms in total. The van der Waals surface area contributed by atoms with Crippen LogP contribution in [0, 0.1) is 17.2 Å². The SMILES string of the molecule is CC(C)(C)OC(=O)N1CC[C@]23CCN(CC4CC4)[C@H](Cc4ccc(C#N)cc42)[C@]3(O)CC1. The predicted octanol–water partition coefficient (Wildman–Crippen LogP) is 3.60. The summed E-state index contributed by atoms with van der Waals surface area (Å²) in [5.41, 5.74) is 1.13. The smallest absolute Gasteiger partial charge is 0.410 e. The first-order valence-corrected chi connectivity index (χ1v) is 12.1. The van der Waals surface area contributed by atoms with Crippen molar-refractivity contribution in [3.63, 3.8) is 0 Å². The lowest BCUT2D eigenvalue weighted by atomic mass is 9.52. The van der Waals surface area contributed by atoms with Gasteiger partial charge in [0, 0.05) is 31.1 Å². The molecule has 0 radical (unpaired) electrons. The Labute approximate surface area is 191 Å². The lowest BCUT2D eigenvalue weighted by Crippen LogP contribution is -2.71. The lowest BCUT2D eigenvalue weighted by Gasteiger charge is -2.61. The van der Waals surface area contributed by atoms with E-state index in [1.165, 1.54) is 18.4 Å². The third kappa shape index (κ3) is 3.50. The number of carbonyl (C=O) groups is 1. The number of nitriles is 1. The normalized spacial score (nSPS) is 32.3. The fourth-order valence-electron chi connectivity index (χ4n) is 6.46. The molecule has 3 atom stereocenters. The van der Waals surface area contributed by atoms with Crippen molar-refractivity contribution in [2.24, 2.45) is 5.92 Å². The van der Waals surface area contributed by atoms with Crippen LogP contribution in [0.4, 0.5) is 4.79 Å². The van der Waals surface area contributed by atoms with Gasteiger partial charge in [-0.05, 0) is 95.0 Å². The van der Waals surface area contributed by atoms with Crippen LogP contribution in [0.25, 0.3) is 0 Å². The third-order valence-electron chi connectivity index (χ3n) is 8.23. The van der Waals surface area contributed by atoms with Gasteiger partial charge in [-0.3, -0.25) is 4.90 Å². The Morgan fingerprint density at radius 3 is 2.62 bits per heavy atom. The van der Waals surface area contributed by atoms with Gasteiger partial charge >= 0.3 is 6.09 Å². The fraction of sp³-hybridized carbons (Fsp3) is 0.692. The van der Waals surface area contributed by atoms with E-state index in [4.69, 9.17) is 4.74 Å². The van der Waals surface area contributed by atoms with Gasteiger partial charge in [0.05, 0.1) is 17.2 Å². The highest BCUT2D eigenvalue weighted by Crippen LogP contribution is 2.56. The molecule has 4 aliphatic rings. The summed E-state index contributed by atoms with van der Waals surface area (Å²) in [7, 11) is 0. The van der Waals surface area contributed by atoms with Crippen molar-refractivity contribution in [3.05, 3.63) is 34.9 Å². The summed E-state index contributed by atoms with van der Waals surface area (Å²) in [6.07, 6.45) is 5.18. The molecular formula is C26H35N3O3. The van der Waals surface area contributed by atoms with Gasteiger partial charge in [-0.2, -0.15) is 5.26 Å². The summed E-state index contributed by atoms with van der Waals surface area (Å²) in [6.45, 7) is 8.74. The highest BCUT2D eigenvalue weighted by atomic mass is 16.6. The number of amides is 1. The van der Waals surface area contributed by atoms with Crippen LogP contribution in [0.3, 0.4) is 0 Å². The summed E-state index contributed by atoms with van der Waals surface area (Å²) >= 11 is 0.